The fourth-order valence-electron chi connectivity index (χ4n) is 3.25. The van der Waals surface area contributed by atoms with E-state index in [0.717, 1.165) is 0 Å². The number of aromatic nitrogens is 2. The monoisotopic (exact) mass is 413 g/mol. The summed E-state index contributed by atoms with van der Waals surface area (Å²) < 4.78 is 14.9. The number of imidazole rings is 1. The number of para-hydroxylation sites is 1. The van der Waals surface area contributed by atoms with Crippen LogP contribution in [0.25, 0.3) is 23.0 Å². The molecule has 0 fully saturated rings. The molecule has 4 rings (SSSR count). The Kier molecular flexibility index (Phi) is 5.41. The van der Waals surface area contributed by atoms with Crippen molar-refractivity contribution in [3.8, 4) is 17.3 Å². The number of benzene rings is 2. The van der Waals surface area contributed by atoms with Crippen LogP contribution in [0, 0.1) is 27.3 Å². The highest BCUT2D eigenvalue weighted by atomic mass is 19.1. The number of nitro groups is 1. The number of nitrogens with zero attached hydrogens (tertiary/aromatic N) is 4. The van der Waals surface area contributed by atoms with E-state index in [1.54, 1.807) is 53.1 Å². The van der Waals surface area contributed by atoms with Crippen molar-refractivity contribution in [2.75, 3.05) is 11.9 Å². The smallest absolute Gasteiger partial charge is 0.278 e. The van der Waals surface area contributed by atoms with Gasteiger partial charge >= 0.3 is 0 Å². The maximum absolute atomic E-state index is 13.1. The van der Waals surface area contributed by atoms with E-state index in [2.05, 4.69) is 16.4 Å². The molecule has 8 heteroatoms. The van der Waals surface area contributed by atoms with Crippen molar-refractivity contribution in [2.24, 2.45) is 0 Å². The Balaban J connectivity index is 1.74. The number of nitro benzene ring substituents is 1. The standard InChI is InChI=1S/C23H16FN5O2/c24-18-10-8-16(9-11-18)13-17(14-25)15-26-23-22(27-21-7-3-4-12-28(21)23)19-5-1-2-6-20(19)29(30)31/h1-13,26H,15H2/b17-13+. The summed E-state index contributed by atoms with van der Waals surface area (Å²) in [6, 6.07) is 19.8. The van der Waals surface area contributed by atoms with Crippen LogP contribution in [0.4, 0.5) is 15.9 Å². The molecule has 2 aromatic heterocycles. The summed E-state index contributed by atoms with van der Waals surface area (Å²) >= 11 is 0. The summed E-state index contributed by atoms with van der Waals surface area (Å²) in [4.78, 5) is 15.7. The van der Waals surface area contributed by atoms with Crippen molar-refractivity contribution < 1.29 is 9.31 Å². The first-order valence-electron chi connectivity index (χ1n) is 9.38. The molecular weight excluding hydrogens is 397 g/mol. The van der Waals surface area contributed by atoms with Gasteiger partial charge in [-0.05, 0) is 42.0 Å². The average Bonchev–Trinajstić information content (AvgIpc) is 3.16. The molecule has 0 aliphatic heterocycles. The SMILES string of the molecule is N#C/C(=C\c1ccc(F)cc1)CNc1c(-c2ccccc2[N+](=O)[O-])nc2ccccn12. The van der Waals surface area contributed by atoms with Gasteiger partial charge in [0.1, 0.15) is 23.0 Å². The van der Waals surface area contributed by atoms with E-state index in [1.807, 2.05) is 12.1 Å². The Morgan fingerprint density at radius 3 is 2.65 bits per heavy atom. The number of halogens is 1. The van der Waals surface area contributed by atoms with Crippen molar-refractivity contribution in [3.63, 3.8) is 0 Å². The van der Waals surface area contributed by atoms with E-state index in [0.29, 0.717) is 33.9 Å². The number of hydrogen-bond acceptors (Lipinski definition) is 5. The molecule has 0 amide bonds. The number of anilines is 1. The highest BCUT2D eigenvalue weighted by molar-refractivity contribution is 5.82. The predicted molar refractivity (Wildman–Crippen MR) is 116 cm³/mol. The summed E-state index contributed by atoms with van der Waals surface area (Å²) in [6.07, 6.45) is 3.44. The second-order valence-electron chi connectivity index (χ2n) is 6.70. The maximum Gasteiger partial charge on any atom is 0.278 e. The summed E-state index contributed by atoms with van der Waals surface area (Å²) in [7, 11) is 0. The fraction of sp³-hybridized carbons (Fsp3) is 0.0435. The number of pyridine rings is 1. The van der Waals surface area contributed by atoms with Crippen LogP contribution in [0.5, 0.6) is 0 Å². The van der Waals surface area contributed by atoms with Crippen LogP contribution < -0.4 is 5.32 Å². The lowest BCUT2D eigenvalue weighted by atomic mass is 10.1. The fourth-order valence-corrected chi connectivity index (χ4v) is 3.25. The van der Waals surface area contributed by atoms with Gasteiger partial charge < -0.3 is 5.32 Å². The molecule has 2 heterocycles. The third-order valence-electron chi connectivity index (χ3n) is 4.69. The van der Waals surface area contributed by atoms with Crippen LogP contribution in [0.1, 0.15) is 5.56 Å². The van der Waals surface area contributed by atoms with E-state index in [-0.39, 0.29) is 18.0 Å². The lowest BCUT2D eigenvalue weighted by molar-refractivity contribution is -0.384. The van der Waals surface area contributed by atoms with Crippen LogP contribution in [0.15, 0.2) is 78.5 Å². The minimum absolute atomic E-state index is 0.0590. The van der Waals surface area contributed by atoms with Gasteiger partial charge in [0, 0.05) is 17.8 Å². The molecule has 152 valence electrons. The molecule has 0 saturated heterocycles. The molecule has 2 aromatic carbocycles. The molecule has 0 radical (unpaired) electrons. The van der Waals surface area contributed by atoms with Crippen molar-refractivity contribution in [1.82, 2.24) is 9.38 Å². The van der Waals surface area contributed by atoms with E-state index >= 15 is 0 Å². The number of nitrogens with one attached hydrogen (secondary N) is 1. The number of hydrogen-bond donors (Lipinski definition) is 1. The second kappa shape index (κ2) is 8.47. The lowest BCUT2D eigenvalue weighted by Gasteiger charge is -2.09. The molecule has 0 unspecified atom stereocenters. The van der Waals surface area contributed by atoms with Gasteiger partial charge in [-0.2, -0.15) is 5.26 Å². The maximum atomic E-state index is 13.1. The van der Waals surface area contributed by atoms with E-state index in [1.165, 1.54) is 18.2 Å². The van der Waals surface area contributed by atoms with Gasteiger partial charge in [-0.25, -0.2) is 9.37 Å². The normalized spacial score (nSPS) is 11.3. The summed E-state index contributed by atoms with van der Waals surface area (Å²) in [5, 5.41) is 24.3. The van der Waals surface area contributed by atoms with Gasteiger partial charge in [0.15, 0.2) is 0 Å². The minimum Gasteiger partial charge on any atom is -0.365 e. The summed E-state index contributed by atoms with van der Waals surface area (Å²) in [5.74, 6) is 0.179. The third kappa shape index (κ3) is 4.11. The molecule has 4 aromatic rings. The first kappa shape index (κ1) is 19.8. The third-order valence-corrected chi connectivity index (χ3v) is 4.69. The van der Waals surface area contributed by atoms with Crippen LogP contribution >= 0.6 is 0 Å². The zero-order valence-corrected chi connectivity index (χ0v) is 16.2. The predicted octanol–water partition coefficient (Wildman–Crippen LogP) is 5.07. The first-order valence-corrected chi connectivity index (χ1v) is 9.38. The molecule has 31 heavy (non-hydrogen) atoms. The van der Waals surface area contributed by atoms with Crippen LogP contribution in [-0.4, -0.2) is 20.9 Å². The Labute approximate surface area is 176 Å². The first-order chi connectivity index (χ1) is 15.1. The number of nitriles is 1. The highest BCUT2D eigenvalue weighted by Gasteiger charge is 2.21. The highest BCUT2D eigenvalue weighted by Crippen LogP contribution is 2.35. The largest absolute Gasteiger partial charge is 0.365 e. The molecule has 0 aliphatic rings. The molecule has 1 N–H and O–H groups in total. The molecule has 0 atom stereocenters. The topological polar surface area (TPSA) is 96.3 Å². The summed E-state index contributed by atoms with van der Waals surface area (Å²) in [5.41, 5.74) is 2.44. The van der Waals surface area contributed by atoms with E-state index in [9.17, 15) is 19.8 Å². The molecule has 0 spiro atoms. The van der Waals surface area contributed by atoms with Crippen molar-refractivity contribution in [3.05, 3.63) is 100.0 Å². The zero-order chi connectivity index (χ0) is 21.8. The Hall–Kier alpha value is -4.51. The van der Waals surface area contributed by atoms with Crippen LogP contribution in [0.3, 0.4) is 0 Å². The van der Waals surface area contributed by atoms with Crippen LogP contribution in [-0.2, 0) is 0 Å². The van der Waals surface area contributed by atoms with Gasteiger partial charge in [-0.1, -0.05) is 30.3 Å². The average molecular weight is 413 g/mol. The van der Waals surface area contributed by atoms with E-state index in [4.69, 9.17) is 0 Å². The van der Waals surface area contributed by atoms with E-state index < -0.39 is 4.92 Å². The number of fused-ring (bicyclic) bond motifs is 1. The molecule has 0 bridgehead atoms. The molecule has 0 aliphatic carbocycles. The molecule has 0 saturated carbocycles. The second-order valence-corrected chi connectivity index (χ2v) is 6.70. The Morgan fingerprint density at radius 1 is 1.16 bits per heavy atom. The van der Waals surface area contributed by atoms with Gasteiger partial charge in [-0.3, -0.25) is 14.5 Å². The van der Waals surface area contributed by atoms with Gasteiger partial charge in [0.2, 0.25) is 0 Å². The van der Waals surface area contributed by atoms with Crippen molar-refractivity contribution >= 4 is 23.2 Å². The molecule has 7 nitrogen and oxygen atoms in total. The lowest BCUT2D eigenvalue weighted by Crippen LogP contribution is -2.07. The van der Waals surface area contributed by atoms with Crippen molar-refractivity contribution in [2.45, 2.75) is 0 Å². The molecular formula is C23H16FN5O2. The van der Waals surface area contributed by atoms with Gasteiger partial charge in [0.05, 0.1) is 23.1 Å². The van der Waals surface area contributed by atoms with Gasteiger partial charge in [0.25, 0.3) is 5.69 Å². The van der Waals surface area contributed by atoms with Crippen molar-refractivity contribution in [1.29, 1.82) is 5.26 Å². The Morgan fingerprint density at radius 2 is 1.90 bits per heavy atom. The number of rotatable bonds is 6. The Bertz CT molecular complexity index is 1340. The van der Waals surface area contributed by atoms with Crippen LogP contribution in [0.2, 0.25) is 0 Å². The minimum atomic E-state index is -0.446. The van der Waals surface area contributed by atoms with Gasteiger partial charge in [-0.15, -0.1) is 0 Å². The summed E-state index contributed by atoms with van der Waals surface area (Å²) in [6.45, 7) is 0.157. The quantitative estimate of drug-likeness (QED) is 0.270. The zero-order valence-electron chi connectivity index (χ0n) is 16.2.